The van der Waals surface area contributed by atoms with Crippen molar-refractivity contribution in [1.82, 2.24) is 0 Å². The Kier molecular flexibility index (Phi) is 8.79. The molecule has 0 bridgehead atoms. The van der Waals surface area contributed by atoms with Crippen LogP contribution in [0, 0.1) is 5.92 Å². The maximum absolute atomic E-state index is 14.4. The van der Waals surface area contributed by atoms with E-state index in [-0.39, 0.29) is 31.0 Å². The van der Waals surface area contributed by atoms with Gasteiger partial charge in [-0.05, 0) is 55.4 Å². The van der Waals surface area contributed by atoms with Crippen LogP contribution in [0.15, 0.2) is 42.5 Å². The molecular weight excluding hydrogens is 600 g/mol. The molecule has 3 heterocycles. The minimum absolute atomic E-state index is 0.0937. The molecule has 0 radical (unpaired) electrons. The van der Waals surface area contributed by atoms with Crippen LogP contribution in [0.5, 0.6) is 0 Å². The molecule has 0 unspecified atom stereocenters. The van der Waals surface area contributed by atoms with Gasteiger partial charge in [-0.15, -0.1) is 0 Å². The van der Waals surface area contributed by atoms with Crippen molar-refractivity contribution >= 4 is 43.1 Å². The number of rotatable bonds is 7. The second kappa shape index (κ2) is 11.8. The molecule has 2 aromatic carbocycles. The highest BCUT2D eigenvalue weighted by atomic mass is 35.5. The van der Waals surface area contributed by atoms with Crippen molar-refractivity contribution in [3.63, 3.8) is 0 Å². The van der Waals surface area contributed by atoms with Gasteiger partial charge in [0, 0.05) is 34.3 Å². The lowest BCUT2D eigenvalue weighted by Gasteiger charge is -2.37. The fourth-order valence-corrected chi connectivity index (χ4v) is 9.60. The number of nitrogens with one attached hydrogen (secondary N) is 1. The number of hydrogen-bond donors (Lipinski definition) is 7. The Morgan fingerprint density at radius 3 is 2.49 bits per heavy atom. The number of nitrogens with zero attached hydrogens (tertiary/aromatic N) is 1. The number of aliphatic hydroxyl groups is 5. The monoisotopic (exact) mass is 636 g/mol. The Labute approximate surface area is 254 Å². The molecule has 3 aliphatic heterocycles. The number of carbonyl (C=O) groups is 2. The second-order valence-electron chi connectivity index (χ2n) is 12.0. The first kappa shape index (κ1) is 32.0. The van der Waals surface area contributed by atoms with Crippen LogP contribution in [0.1, 0.15) is 24.5 Å². The molecule has 0 aromatic heterocycles. The number of fused-ring (bicyclic) bond motifs is 2. The molecule has 12 nitrogen and oxygen atoms in total. The van der Waals surface area contributed by atoms with Crippen molar-refractivity contribution in [2.45, 2.75) is 80.9 Å². The second-order valence-corrected chi connectivity index (χ2v) is 16.4. The summed E-state index contributed by atoms with van der Waals surface area (Å²) >= 11 is 6.40. The first-order valence-electron chi connectivity index (χ1n) is 14.1. The Morgan fingerprint density at radius 2 is 1.81 bits per heavy atom. The lowest BCUT2D eigenvalue weighted by Crippen LogP contribution is -2.60. The van der Waals surface area contributed by atoms with Crippen LogP contribution in [0.3, 0.4) is 0 Å². The third kappa shape index (κ3) is 5.52. The van der Waals surface area contributed by atoms with Crippen LogP contribution >= 0.6 is 11.6 Å². The minimum atomic E-state index is -2.85. The minimum Gasteiger partial charge on any atom is -0.432 e. The van der Waals surface area contributed by atoms with Crippen LogP contribution in [0.25, 0.3) is 0 Å². The zero-order valence-corrected chi connectivity index (χ0v) is 25.7. The first-order chi connectivity index (χ1) is 20.2. The fourth-order valence-electron chi connectivity index (χ4n) is 6.83. The summed E-state index contributed by atoms with van der Waals surface area (Å²) < 4.78 is 11.6. The highest BCUT2D eigenvalue weighted by molar-refractivity contribution is 6.71. The van der Waals surface area contributed by atoms with Crippen LogP contribution < -0.4 is 10.2 Å². The number of hydrogen-bond acceptors (Lipinski definition) is 10. The third-order valence-electron chi connectivity index (χ3n) is 8.74. The van der Waals surface area contributed by atoms with Gasteiger partial charge in [-0.2, -0.15) is 0 Å². The molecule has 0 aliphatic carbocycles. The van der Waals surface area contributed by atoms with Crippen molar-refractivity contribution < 1.29 is 49.4 Å². The number of halogens is 1. The number of amides is 2. The molecule has 234 valence electrons. The van der Waals surface area contributed by atoms with Crippen molar-refractivity contribution in [2.75, 3.05) is 16.8 Å². The van der Waals surface area contributed by atoms with Gasteiger partial charge in [0.15, 0.2) is 26.3 Å². The molecule has 2 saturated heterocycles. The lowest BCUT2D eigenvalue weighted by atomic mass is 9.82. The van der Waals surface area contributed by atoms with Gasteiger partial charge in [-0.1, -0.05) is 30.7 Å². The molecule has 9 atom stereocenters. The Bertz CT molecular complexity index is 1390. The van der Waals surface area contributed by atoms with Crippen LogP contribution in [0.2, 0.25) is 23.7 Å². The highest BCUT2D eigenvalue weighted by Gasteiger charge is 2.66. The molecular formula is C29H37ClN2O10Si. The van der Waals surface area contributed by atoms with Gasteiger partial charge in [0.1, 0.15) is 18.3 Å². The van der Waals surface area contributed by atoms with Crippen molar-refractivity contribution in [1.29, 1.82) is 0 Å². The summed E-state index contributed by atoms with van der Waals surface area (Å²) in [5.74, 6) is -1.59. The number of aliphatic hydroxyl groups excluding tert-OH is 5. The predicted molar refractivity (Wildman–Crippen MR) is 157 cm³/mol. The smallest absolute Gasteiger partial charge is 0.264 e. The van der Waals surface area contributed by atoms with E-state index in [1.165, 1.54) is 0 Å². The Balaban J connectivity index is 1.42. The lowest BCUT2D eigenvalue weighted by molar-refractivity contribution is -0.274. The number of carbonyl (C=O) groups excluding carboxylic acids is 2. The van der Waals surface area contributed by atoms with Gasteiger partial charge < -0.3 is 50.0 Å². The molecule has 5 rings (SSSR count). The fraction of sp³-hybridized carbons (Fsp3) is 0.517. The average Bonchev–Trinajstić information content (AvgIpc) is 3.36. The van der Waals surface area contributed by atoms with E-state index in [0.29, 0.717) is 27.5 Å². The van der Waals surface area contributed by atoms with E-state index in [9.17, 15) is 39.9 Å². The maximum Gasteiger partial charge on any atom is 0.264 e. The van der Waals surface area contributed by atoms with Crippen molar-refractivity contribution in [3.05, 3.63) is 58.6 Å². The molecule has 1 spiro atoms. The summed E-state index contributed by atoms with van der Waals surface area (Å²) in [7, 11) is -2.85. The van der Waals surface area contributed by atoms with E-state index in [2.05, 4.69) is 5.32 Å². The summed E-state index contributed by atoms with van der Waals surface area (Å²) in [5, 5.41) is 52.4. The molecule has 2 amide bonds. The van der Waals surface area contributed by atoms with E-state index in [1.54, 1.807) is 60.5 Å². The first-order valence-corrected chi connectivity index (χ1v) is 17.5. The van der Waals surface area contributed by atoms with Gasteiger partial charge in [0.05, 0.1) is 18.3 Å². The third-order valence-corrected chi connectivity index (χ3v) is 11.5. The summed E-state index contributed by atoms with van der Waals surface area (Å²) in [6, 6.07) is 11.8. The molecule has 2 fully saturated rings. The van der Waals surface area contributed by atoms with E-state index in [1.807, 2.05) is 6.92 Å². The topological polar surface area (TPSA) is 189 Å². The van der Waals surface area contributed by atoms with Crippen LogP contribution in [-0.4, -0.2) is 93.9 Å². The Hall–Kier alpha value is -2.43. The van der Waals surface area contributed by atoms with Gasteiger partial charge in [0.2, 0.25) is 0 Å². The normalized spacial score (nSPS) is 34.1. The Morgan fingerprint density at radius 1 is 1.09 bits per heavy atom. The van der Waals surface area contributed by atoms with Gasteiger partial charge in [-0.3, -0.25) is 9.59 Å². The maximum atomic E-state index is 14.4. The van der Waals surface area contributed by atoms with E-state index >= 15 is 0 Å². The zero-order valence-electron chi connectivity index (χ0n) is 23.9. The van der Waals surface area contributed by atoms with Crippen LogP contribution in [0.4, 0.5) is 11.4 Å². The molecule has 7 N–H and O–H groups in total. The molecule has 3 aliphatic rings. The predicted octanol–water partition coefficient (Wildman–Crippen LogP) is 0.805. The standard InChI is InChI=1S/C29H37ClN2O10Si/c1-14-25(43(2,3)40)20(9-10-33)42-29(14)18-12-16(30)7-8-19(18)32(28(29)39)13-15-5-4-6-17(11-15)31-26(37)24-22(35)21(34)23(36)27(38)41-24/h4-8,11-12,14,20-25,27,33-36,38,40H,9-10,13H2,1-3H3,(H,31,37)/t14-,20+,21+,22+,23-,24+,25-,27-,29+/m1/s1. The average molecular weight is 637 g/mol. The van der Waals surface area contributed by atoms with E-state index < -0.39 is 62.6 Å². The van der Waals surface area contributed by atoms with Gasteiger partial charge >= 0.3 is 0 Å². The van der Waals surface area contributed by atoms with E-state index in [0.717, 1.165) is 0 Å². The number of anilines is 2. The number of benzene rings is 2. The van der Waals surface area contributed by atoms with Gasteiger partial charge in [-0.25, -0.2) is 0 Å². The highest BCUT2D eigenvalue weighted by Crippen LogP contribution is 2.60. The summed E-state index contributed by atoms with van der Waals surface area (Å²) in [5.41, 5.74) is 0.377. The zero-order chi connectivity index (χ0) is 31.4. The summed E-state index contributed by atoms with van der Waals surface area (Å²) in [6.07, 6.45) is -9.10. The van der Waals surface area contributed by atoms with Crippen LogP contribution in [-0.2, 0) is 31.2 Å². The largest absolute Gasteiger partial charge is 0.432 e. The summed E-state index contributed by atoms with van der Waals surface area (Å²) in [4.78, 5) is 40.0. The molecule has 14 heteroatoms. The quantitative estimate of drug-likeness (QED) is 0.214. The molecule has 43 heavy (non-hydrogen) atoms. The van der Waals surface area contributed by atoms with Gasteiger partial charge in [0.25, 0.3) is 11.8 Å². The van der Waals surface area contributed by atoms with Crippen molar-refractivity contribution in [3.8, 4) is 0 Å². The SMILES string of the molecule is C[C@@H]1[C@@H]([Si](C)(C)O)[C@H](CCO)O[C@@]12C(=O)N(Cc1cccc(NC(=O)[C@H]3O[C@@H](O)[C@H](O)[C@@H](O)[C@@H]3O)c1)c1ccc(Cl)cc12. The van der Waals surface area contributed by atoms with E-state index in [4.69, 9.17) is 21.1 Å². The molecule has 0 saturated carbocycles. The summed E-state index contributed by atoms with van der Waals surface area (Å²) in [6.45, 7) is 5.43. The molecule has 2 aromatic rings. The van der Waals surface area contributed by atoms with Crippen molar-refractivity contribution in [2.24, 2.45) is 5.92 Å². The number of ether oxygens (including phenoxy) is 2.